The summed E-state index contributed by atoms with van der Waals surface area (Å²) in [5, 5.41) is 9.94. The highest BCUT2D eigenvalue weighted by Crippen LogP contribution is 2.42. The summed E-state index contributed by atoms with van der Waals surface area (Å²) < 4.78 is 21.6. The monoisotopic (exact) mass is 282 g/mol. The predicted molar refractivity (Wildman–Crippen MR) is 68.2 cm³/mol. The van der Waals surface area contributed by atoms with Crippen molar-refractivity contribution in [3.8, 4) is 0 Å². The van der Waals surface area contributed by atoms with Gasteiger partial charge in [0.25, 0.3) is 0 Å². The number of nitrogens with two attached hydrogens (primary N) is 2. The Morgan fingerprint density at radius 1 is 1.50 bits per heavy atom. The normalized spacial score (nSPS) is 33.9. The standard InChI is InChI=1S/C11H15FN6O2/c1-11(12)7(19)5(2-13)20-10(11)18-4-17-6-8(14)15-3-16-9(6)18/h3-5,7,10,19H,2,13H2,1H3,(H2,14,15,16)/t5-,7?,10-,11?/m1/s1. The van der Waals surface area contributed by atoms with Crippen LogP contribution in [0.4, 0.5) is 10.2 Å². The lowest BCUT2D eigenvalue weighted by Crippen LogP contribution is -2.41. The molecule has 0 spiro atoms. The maximum absolute atomic E-state index is 14.7. The van der Waals surface area contributed by atoms with Crippen molar-refractivity contribution >= 4 is 17.0 Å². The van der Waals surface area contributed by atoms with Crippen molar-refractivity contribution in [1.82, 2.24) is 19.5 Å². The van der Waals surface area contributed by atoms with Crippen LogP contribution < -0.4 is 11.5 Å². The Hall–Kier alpha value is -1.84. The number of aliphatic hydroxyl groups excluding tert-OH is 1. The van der Waals surface area contributed by atoms with E-state index in [0.29, 0.717) is 11.2 Å². The molecule has 3 rings (SSSR count). The largest absolute Gasteiger partial charge is 0.387 e. The molecule has 1 fully saturated rings. The van der Waals surface area contributed by atoms with Gasteiger partial charge in [-0.15, -0.1) is 0 Å². The van der Waals surface area contributed by atoms with Crippen LogP contribution in [0.3, 0.4) is 0 Å². The highest BCUT2D eigenvalue weighted by molar-refractivity contribution is 5.81. The minimum atomic E-state index is -2.02. The number of hydrogen-bond acceptors (Lipinski definition) is 7. The van der Waals surface area contributed by atoms with Crippen LogP contribution in [0.5, 0.6) is 0 Å². The molecule has 108 valence electrons. The number of halogens is 1. The van der Waals surface area contributed by atoms with Gasteiger partial charge in [0.2, 0.25) is 0 Å². The zero-order valence-corrected chi connectivity index (χ0v) is 10.8. The first kappa shape index (κ1) is 13.2. The quantitative estimate of drug-likeness (QED) is 0.668. The van der Waals surface area contributed by atoms with E-state index in [1.165, 1.54) is 24.1 Å². The van der Waals surface area contributed by atoms with Crippen molar-refractivity contribution in [3.05, 3.63) is 12.7 Å². The number of fused-ring (bicyclic) bond motifs is 1. The highest BCUT2D eigenvalue weighted by atomic mass is 19.1. The van der Waals surface area contributed by atoms with Gasteiger partial charge in [-0.25, -0.2) is 19.3 Å². The van der Waals surface area contributed by atoms with E-state index < -0.39 is 24.1 Å². The number of ether oxygens (including phenoxy) is 1. The molecule has 0 radical (unpaired) electrons. The third kappa shape index (κ3) is 1.67. The number of nitrogen functional groups attached to an aromatic ring is 1. The topological polar surface area (TPSA) is 125 Å². The molecule has 20 heavy (non-hydrogen) atoms. The molecular formula is C11H15FN6O2. The van der Waals surface area contributed by atoms with Crippen molar-refractivity contribution in [3.63, 3.8) is 0 Å². The first-order valence-corrected chi connectivity index (χ1v) is 6.12. The van der Waals surface area contributed by atoms with Crippen LogP contribution in [-0.4, -0.2) is 49.0 Å². The van der Waals surface area contributed by atoms with E-state index in [0.717, 1.165) is 0 Å². The molecule has 9 heteroatoms. The molecule has 0 saturated carbocycles. The molecule has 4 atom stereocenters. The molecule has 1 saturated heterocycles. The average Bonchev–Trinajstić information content (AvgIpc) is 2.92. The van der Waals surface area contributed by atoms with Crippen LogP contribution in [0.15, 0.2) is 12.7 Å². The molecular weight excluding hydrogens is 267 g/mol. The molecule has 0 bridgehead atoms. The van der Waals surface area contributed by atoms with Gasteiger partial charge in [0.05, 0.1) is 6.33 Å². The molecule has 1 aliphatic heterocycles. The lowest BCUT2D eigenvalue weighted by atomic mass is 9.98. The van der Waals surface area contributed by atoms with Gasteiger partial charge >= 0.3 is 0 Å². The van der Waals surface area contributed by atoms with Crippen molar-refractivity contribution in [1.29, 1.82) is 0 Å². The lowest BCUT2D eigenvalue weighted by Gasteiger charge is -2.24. The summed E-state index contributed by atoms with van der Waals surface area (Å²) in [7, 11) is 0. The van der Waals surface area contributed by atoms with Crippen molar-refractivity contribution in [2.75, 3.05) is 12.3 Å². The SMILES string of the molecule is CC1(F)C(O)[C@@H](CN)O[C@H]1n1cnc2c(N)ncnc21. The van der Waals surface area contributed by atoms with Gasteiger partial charge < -0.3 is 21.3 Å². The van der Waals surface area contributed by atoms with Crippen LogP contribution in [0.25, 0.3) is 11.2 Å². The third-order valence-electron chi connectivity index (χ3n) is 3.59. The van der Waals surface area contributed by atoms with Crippen LogP contribution in [0.2, 0.25) is 0 Å². The number of aromatic nitrogens is 4. The Morgan fingerprint density at radius 2 is 2.25 bits per heavy atom. The Labute approximate surface area is 113 Å². The van der Waals surface area contributed by atoms with Gasteiger partial charge in [-0.2, -0.15) is 0 Å². The summed E-state index contributed by atoms with van der Waals surface area (Å²) in [5.41, 5.74) is 9.85. The van der Waals surface area contributed by atoms with Crippen LogP contribution in [0.1, 0.15) is 13.2 Å². The molecule has 3 heterocycles. The number of rotatable bonds is 2. The molecule has 0 aliphatic carbocycles. The van der Waals surface area contributed by atoms with Crippen molar-refractivity contribution in [2.24, 2.45) is 5.73 Å². The van der Waals surface area contributed by atoms with E-state index >= 15 is 0 Å². The first-order valence-electron chi connectivity index (χ1n) is 6.12. The van der Waals surface area contributed by atoms with E-state index in [4.69, 9.17) is 16.2 Å². The number of nitrogens with zero attached hydrogens (tertiary/aromatic N) is 4. The first-order chi connectivity index (χ1) is 9.46. The van der Waals surface area contributed by atoms with E-state index in [-0.39, 0.29) is 12.4 Å². The van der Waals surface area contributed by atoms with Gasteiger partial charge in [-0.3, -0.25) is 4.57 Å². The molecule has 8 nitrogen and oxygen atoms in total. The molecule has 2 aromatic rings. The summed E-state index contributed by atoms with van der Waals surface area (Å²) >= 11 is 0. The fourth-order valence-electron chi connectivity index (χ4n) is 2.45. The van der Waals surface area contributed by atoms with Crippen LogP contribution in [-0.2, 0) is 4.74 Å². The van der Waals surface area contributed by atoms with Crippen molar-refractivity contribution < 1.29 is 14.2 Å². The fraction of sp³-hybridized carbons (Fsp3) is 0.545. The van der Waals surface area contributed by atoms with Crippen LogP contribution >= 0.6 is 0 Å². The van der Waals surface area contributed by atoms with Gasteiger partial charge in [0.15, 0.2) is 23.4 Å². The van der Waals surface area contributed by atoms with E-state index in [1.807, 2.05) is 0 Å². The number of hydrogen-bond donors (Lipinski definition) is 3. The number of alkyl halides is 1. The molecule has 0 amide bonds. The Balaban J connectivity index is 2.10. The predicted octanol–water partition coefficient (Wildman–Crippen LogP) is -0.646. The minimum Gasteiger partial charge on any atom is -0.387 e. The Bertz CT molecular complexity index is 645. The maximum Gasteiger partial charge on any atom is 0.181 e. The summed E-state index contributed by atoms with van der Waals surface area (Å²) in [5.74, 6) is 0.197. The molecule has 2 unspecified atom stereocenters. The zero-order chi connectivity index (χ0) is 14.5. The smallest absolute Gasteiger partial charge is 0.181 e. The van der Waals surface area contributed by atoms with E-state index in [2.05, 4.69) is 15.0 Å². The van der Waals surface area contributed by atoms with Crippen LogP contribution in [0, 0.1) is 0 Å². The fourth-order valence-corrected chi connectivity index (χ4v) is 2.45. The summed E-state index contributed by atoms with van der Waals surface area (Å²) in [6, 6.07) is 0. The second-order valence-electron chi connectivity index (χ2n) is 4.94. The Morgan fingerprint density at radius 3 is 2.90 bits per heavy atom. The molecule has 5 N–H and O–H groups in total. The second-order valence-corrected chi connectivity index (χ2v) is 4.94. The van der Waals surface area contributed by atoms with Gasteiger partial charge in [-0.1, -0.05) is 0 Å². The summed E-state index contributed by atoms with van der Waals surface area (Å²) in [6.45, 7) is 1.27. The lowest BCUT2D eigenvalue weighted by molar-refractivity contribution is -0.0437. The van der Waals surface area contributed by atoms with Gasteiger partial charge in [0, 0.05) is 6.54 Å². The number of aliphatic hydroxyl groups is 1. The number of imidazole rings is 1. The molecule has 0 aromatic carbocycles. The van der Waals surface area contributed by atoms with E-state index in [1.54, 1.807) is 0 Å². The highest BCUT2D eigenvalue weighted by Gasteiger charge is 2.54. The number of anilines is 1. The minimum absolute atomic E-state index is 0.0148. The van der Waals surface area contributed by atoms with Gasteiger partial charge in [0.1, 0.15) is 24.1 Å². The summed E-state index contributed by atoms with van der Waals surface area (Å²) in [6.07, 6.45) is -0.563. The summed E-state index contributed by atoms with van der Waals surface area (Å²) in [4.78, 5) is 11.9. The molecule has 1 aliphatic rings. The van der Waals surface area contributed by atoms with E-state index in [9.17, 15) is 9.50 Å². The Kier molecular flexibility index (Phi) is 2.85. The average molecular weight is 282 g/mol. The van der Waals surface area contributed by atoms with Crippen molar-refractivity contribution in [2.45, 2.75) is 31.0 Å². The molecule has 2 aromatic heterocycles. The zero-order valence-electron chi connectivity index (χ0n) is 10.8. The second kappa shape index (κ2) is 4.33. The van der Waals surface area contributed by atoms with Gasteiger partial charge in [-0.05, 0) is 6.92 Å². The maximum atomic E-state index is 14.7. The third-order valence-corrected chi connectivity index (χ3v) is 3.59.